The molecule has 24 heavy (non-hydrogen) atoms. The zero-order chi connectivity index (χ0) is 17.1. The number of halogens is 2. The Morgan fingerprint density at radius 2 is 1.88 bits per heavy atom. The largest absolute Gasteiger partial charge is 0.508 e. The van der Waals surface area contributed by atoms with Crippen molar-refractivity contribution in [3.63, 3.8) is 0 Å². The lowest BCUT2D eigenvalue weighted by molar-refractivity contribution is 0.103. The summed E-state index contributed by atoms with van der Waals surface area (Å²) in [7, 11) is 0. The minimum absolute atomic E-state index is 0.0534. The smallest absolute Gasteiger partial charge is 0.211 e. The van der Waals surface area contributed by atoms with Crippen LogP contribution in [0.2, 0.25) is 10.0 Å². The molecule has 0 unspecified atom stereocenters. The Hall–Kier alpha value is -2.64. The fourth-order valence-corrected chi connectivity index (χ4v) is 2.43. The van der Waals surface area contributed by atoms with Gasteiger partial charge in [0.05, 0.1) is 5.02 Å². The minimum atomic E-state index is -0.313. The summed E-state index contributed by atoms with van der Waals surface area (Å²) in [6.07, 6.45) is 0. The molecular formula is C15H10Cl2N4O3. The molecule has 0 amide bonds. The molecule has 0 saturated carbocycles. The van der Waals surface area contributed by atoms with Gasteiger partial charge in [-0.2, -0.15) is 5.21 Å². The third-order valence-corrected chi connectivity index (χ3v) is 4.03. The molecule has 7 nitrogen and oxygen atoms in total. The molecule has 0 aliphatic rings. The summed E-state index contributed by atoms with van der Waals surface area (Å²) in [6, 6.07) is 8.91. The number of nitrogens with one attached hydrogen (secondary N) is 1. The summed E-state index contributed by atoms with van der Waals surface area (Å²) >= 11 is 12.4. The van der Waals surface area contributed by atoms with Crippen LogP contribution in [0.25, 0.3) is 0 Å². The Labute approximate surface area is 146 Å². The van der Waals surface area contributed by atoms with Crippen molar-refractivity contribution in [1.29, 1.82) is 0 Å². The van der Waals surface area contributed by atoms with Crippen LogP contribution in [-0.2, 0) is 6.61 Å². The maximum atomic E-state index is 12.5. The summed E-state index contributed by atoms with van der Waals surface area (Å²) in [6.45, 7) is 0.0534. The average molecular weight is 365 g/mol. The zero-order valence-electron chi connectivity index (χ0n) is 12.0. The second-order valence-corrected chi connectivity index (χ2v) is 5.49. The number of hydrogen-bond donors (Lipinski definition) is 2. The third-order valence-electron chi connectivity index (χ3n) is 3.17. The van der Waals surface area contributed by atoms with E-state index in [2.05, 4.69) is 20.6 Å². The van der Waals surface area contributed by atoms with Crippen molar-refractivity contribution in [2.45, 2.75) is 6.61 Å². The molecule has 0 fully saturated rings. The lowest BCUT2D eigenvalue weighted by Crippen LogP contribution is -2.04. The van der Waals surface area contributed by atoms with Gasteiger partial charge < -0.3 is 9.84 Å². The quantitative estimate of drug-likeness (QED) is 0.674. The van der Waals surface area contributed by atoms with Gasteiger partial charge in [0.2, 0.25) is 5.82 Å². The van der Waals surface area contributed by atoms with Crippen molar-refractivity contribution in [3.8, 4) is 11.5 Å². The fraction of sp³-hybridized carbons (Fsp3) is 0.0667. The Kier molecular flexibility index (Phi) is 4.64. The van der Waals surface area contributed by atoms with Gasteiger partial charge in [0.15, 0.2) is 12.4 Å². The molecule has 2 aromatic carbocycles. The van der Waals surface area contributed by atoms with E-state index in [0.29, 0.717) is 17.1 Å². The van der Waals surface area contributed by atoms with Gasteiger partial charge in [-0.05, 0) is 36.4 Å². The summed E-state index contributed by atoms with van der Waals surface area (Å²) in [5.41, 5.74) is 0.616. The number of phenolic OH excluding ortho intramolecular Hbond substituents is 1. The van der Waals surface area contributed by atoms with Crippen LogP contribution in [0.4, 0.5) is 0 Å². The van der Waals surface area contributed by atoms with Gasteiger partial charge in [-0.15, -0.1) is 10.2 Å². The number of carbonyl (C=O) groups excluding carboxylic acids is 1. The lowest BCUT2D eigenvalue weighted by atomic mass is 10.0. The van der Waals surface area contributed by atoms with Crippen molar-refractivity contribution >= 4 is 29.0 Å². The van der Waals surface area contributed by atoms with Crippen molar-refractivity contribution in [3.05, 3.63) is 63.4 Å². The number of ketones is 1. The number of benzene rings is 2. The van der Waals surface area contributed by atoms with E-state index in [1.165, 1.54) is 30.3 Å². The molecule has 1 heterocycles. The van der Waals surface area contributed by atoms with Gasteiger partial charge in [0.25, 0.3) is 0 Å². The molecule has 122 valence electrons. The van der Waals surface area contributed by atoms with Crippen molar-refractivity contribution in [1.82, 2.24) is 20.6 Å². The molecular weight excluding hydrogens is 355 g/mol. The van der Waals surface area contributed by atoms with Crippen molar-refractivity contribution in [2.75, 3.05) is 0 Å². The SMILES string of the molecule is O=C(c1ccc(O)cc1)c1ccc(OCc2nn[nH]n2)c(Cl)c1Cl. The molecule has 0 aliphatic heterocycles. The van der Waals surface area contributed by atoms with Crippen LogP contribution < -0.4 is 4.74 Å². The second kappa shape index (κ2) is 6.86. The van der Waals surface area contributed by atoms with E-state index in [1.807, 2.05) is 0 Å². The van der Waals surface area contributed by atoms with E-state index in [4.69, 9.17) is 27.9 Å². The van der Waals surface area contributed by atoms with Gasteiger partial charge in [-0.3, -0.25) is 4.79 Å². The highest BCUT2D eigenvalue weighted by molar-refractivity contribution is 6.45. The maximum Gasteiger partial charge on any atom is 0.211 e. The van der Waals surface area contributed by atoms with Crippen LogP contribution in [0.1, 0.15) is 21.7 Å². The van der Waals surface area contributed by atoms with Crippen LogP contribution in [-0.4, -0.2) is 31.5 Å². The Morgan fingerprint density at radius 1 is 1.12 bits per heavy atom. The number of aromatic hydroxyl groups is 1. The van der Waals surface area contributed by atoms with Crippen molar-refractivity contribution < 1.29 is 14.6 Å². The predicted molar refractivity (Wildman–Crippen MR) is 86.5 cm³/mol. The first-order valence-corrected chi connectivity index (χ1v) is 7.48. The van der Waals surface area contributed by atoms with Gasteiger partial charge in [0, 0.05) is 11.1 Å². The van der Waals surface area contributed by atoms with Crippen LogP contribution in [0, 0.1) is 0 Å². The predicted octanol–water partition coefficient (Wildman–Crippen LogP) is 3.02. The highest BCUT2D eigenvalue weighted by Gasteiger charge is 2.18. The maximum absolute atomic E-state index is 12.5. The second-order valence-electron chi connectivity index (χ2n) is 4.73. The molecule has 0 bridgehead atoms. The van der Waals surface area contributed by atoms with E-state index in [9.17, 15) is 9.90 Å². The first-order valence-electron chi connectivity index (χ1n) is 6.73. The van der Waals surface area contributed by atoms with Crippen LogP contribution in [0.15, 0.2) is 36.4 Å². The first-order chi connectivity index (χ1) is 11.6. The Bertz CT molecular complexity index is 867. The summed E-state index contributed by atoms with van der Waals surface area (Å²) < 4.78 is 5.47. The molecule has 9 heteroatoms. The van der Waals surface area contributed by atoms with Crippen LogP contribution in [0.5, 0.6) is 11.5 Å². The zero-order valence-corrected chi connectivity index (χ0v) is 13.5. The van der Waals surface area contributed by atoms with Gasteiger partial charge in [0.1, 0.15) is 16.5 Å². The molecule has 3 aromatic rings. The van der Waals surface area contributed by atoms with Gasteiger partial charge in [-0.25, -0.2) is 0 Å². The molecule has 1 aromatic heterocycles. The fourth-order valence-electron chi connectivity index (χ4n) is 1.97. The van der Waals surface area contributed by atoms with E-state index < -0.39 is 0 Å². The van der Waals surface area contributed by atoms with E-state index in [1.54, 1.807) is 6.07 Å². The number of ether oxygens (including phenoxy) is 1. The minimum Gasteiger partial charge on any atom is -0.508 e. The lowest BCUT2D eigenvalue weighted by Gasteiger charge is -2.10. The number of nitrogens with zero attached hydrogens (tertiary/aromatic N) is 3. The number of aromatic nitrogens is 4. The molecule has 0 atom stereocenters. The summed E-state index contributed by atoms with van der Waals surface area (Å²) in [4.78, 5) is 12.5. The Balaban J connectivity index is 1.84. The van der Waals surface area contributed by atoms with Crippen LogP contribution >= 0.6 is 23.2 Å². The highest BCUT2D eigenvalue weighted by atomic mass is 35.5. The monoisotopic (exact) mass is 364 g/mol. The highest BCUT2D eigenvalue weighted by Crippen LogP contribution is 2.36. The number of phenols is 1. The van der Waals surface area contributed by atoms with Crippen LogP contribution in [0.3, 0.4) is 0 Å². The summed E-state index contributed by atoms with van der Waals surface area (Å²) in [5.74, 6) is 0.410. The average Bonchev–Trinajstić information content (AvgIpc) is 3.10. The van der Waals surface area contributed by atoms with E-state index >= 15 is 0 Å². The normalized spacial score (nSPS) is 10.6. The molecule has 0 saturated heterocycles. The standard InChI is InChI=1S/C15H10Cl2N4O3/c16-13-10(15(23)8-1-3-9(22)4-2-8)5-6-11(14(13)17)24-7-12-18-20-21-19-12/h1-6,22H,7H2,(H,18,19,20,21). The number of aromatic amines is 1. The van der Waals surface area contributed by atoms with E-state index in [0.717, 1.165) is 0 Å². The third kappa shape index (κ3) is 3.32. The number of hydrogen-bond acceptors (Lipinski definition) is 6. The molecule has 0 spiro atoms. The van der Waals surface area contributed by atoms with Gasteiger partial charge in [-0.1, -0.05) is 28.4 Å². The van der Waals surface area contributed by atoms with E-state index in [-0.39, 0.29) is 33.7 Å². The van der Waals surface area contributed by atoms with Crippen molar-refractivity contribution in [2.24, 2.45) is 0 Å². The number of carbonyl (C=O) groups is 1. The molecule has 2 N–H and O–H groups in total. The number of H-pyrrole nitrogens is 1. The molecule has 3 rings (SSSR count). The summed E-state index contributed by atoms with van der Waals surface area (Å²) in [5, 5.41) is 22.7. The first kappa shape index (κ1) is 16.2. The molecule has 0 radical (unpaired) electrons. The topological polar surface area (TPSA) is 101 Å². The Morgan fingerprint density at radius 3 is 2.54 bits per heavy atom. The van der Waals surface area contributed by atoms with Gasteiger partial charge >= 0.3 is 0 Å². The number of rotatable bonds is 5. The number of tetrazole rings is 1. The molecule has 0 aliphatic carbocycles.